The zero-order chi connectivity index (χ0) is 17.7. The third kappa shape index (κ3) is 4.35. The number of allylic oxidation sites excluding steroid dienone is 2. The summed E-state index contributed by atoms with van der Waals surface area (Å²) in [5, 5.41) is 3.06. The number of carbonyl (C=O) groups is 1. The topological polar surface area (TPSA) is 29.1 Å². The van der Waals surface area contributed by atoms with Crippen molar-refractivity contribution in [2.75, 3.05) is 6.54 Å². The molecule has 0 radical (unpaired) electrons. The van der Waals surface area contributed by atoms with Crippen LogP contribution in [0.25, 0.3) is 5.57 Å². The van der Waals surface area contributed by atoms with Gasteiger partial charge in [0.25, 0.3) is 5.91 Å². The van der Waals surface area contributed by atoms with Crippen molar-refractivity contribution >= 4 is 11.5 Å². The Morgan fingerprint density at radius 1 is 1.04 bits per heavy atom. The van der Waals surface area contributed by atoms with Crippen LogP contribution in [0.3, 0.4) is 0 Å². The molecule has 2 aromatic carbocycles. The number of amides is 1. The minimum atomic E-state index is -0.0133. The Morgan fingerprint density at radius 3 is 2.33 bits per heavy atom. The maximum atomic E-state index is 12.5. The monoisotopic (exact) mass is 321 g/mol. The number of hydrogen-bond acceptors (Lipinski definition) is 1. The van der Waals surface area contributed by atoms with E-state index in [9.17, 15) is 4.79 Å². The second kappa shape index (κ2) is 7.96. The number of aryl methyl sites for hydroxylation is 1. The fraction of sp³-hybridized carbons (Fsp3) is 0.318. The lowest BCUT2D eigenvalue weighted by atomic mass is 9.96. The Bertz CT molecular complexity index is 740. The Labute approximate surface area is 145 Å². The van der Waals surface area contributed by atoms with E-state index in [1.165, 1.54) is 22.3 Å². The van der Waals surface area contributed by atoms with Crippen molar-refractivity contribution in [2.24, 2.45) is 0 Å². The highest BCUT2D eigenvalue weighted by molar-refractivity contribution is 5.95. The Hall–Kier alpha value is -2.35. The predicted octanol–water partition coefficient (Wildman–Crippen LogP) is 5.34. The van der Waals surface area contributed by atoms with Crippen LogP contribution >= 0.6 is 0 Å². The third-order valence-electron chi connectivity index (χ3n) is 4.59. The number of hydrogen-bond donors (Lipinski definition) is 1. The second-order valence-corrected chi connectivity index (χ2v) is 6.68. The molecule has 0 aliphatic carbocycles. The van der Waals surface area contributed by atoms with E-state index < -0.39 is 0 Å². The molecule has 0 saturated heterocycles. The molecular weight excluding hydrogens is 294 g/mol. The fourth-order valence-corrected chi connectivity index (χ4v) is 2.68. The molecule has 2 nitrogen and oxygen atoms in total. The Kier molecular flexibility index (Phi) is 5.97. The summed E-state index contributed by atoms with van der Waals surface area (Å²) >= 11 is 0. The first-order valence-corrected chi connectivity index (χ1v) is 8.48. The van der Waals surface area contributed by atoms with E-state index in [1.54, 1.807) is 0 Å². The lowest BCUT2D eigenvalue weighted by molar-refractivity contribution is 0.0951. The van der Waals surface area contributed by atoms with Gasteiger partial charge in [0.05, 0.1) is 0 Å². The van der Waals surface area contributed by atoms with E-state index in [0.717, 1.165) is 11.1 Å². The molecule has 0 spiro atoms. The van der Waals surface area contributed by atoms with E-state index in [0.29, 0.717) is 12.5 Å². The minimum absolute atomic E-state index is 0.0133. The van der Waals surface area contributed by atoms with Crippen molar-refractivity contribution in [3.05, 3.63) is 76.4 Å². The molecule has 1 N–H and O–H groups in total. The summed E-state index contributed by atoms with van der Waals surface area (Å²) < 4.78 is 0. The Balaban J connectivity index is 2.10. The van der Waals surface area contributed by atoms with Gasteiger partial charge in [-0.25, -0.2) is 0 Å². The van der Waals surface area contributed by atoms with E-state index in [4.69, 9.17) is 0 Å². The van der Waals surface area contributed by atoms with Gasteiger partial charge >= 0.3 is 0 Å². The van der Waals surface area contributed by atoms with Gasteiger partial charge in [-0.15, -0.1) is 0 Å². The Morgan fingerprint density at radius 2 is 1.71 bits per heavy atom. The van der Waals surface area contributed by atoms with Crippen molar-refractivity contribution in [3.8, 4) is 0 Å². The SMILES string of the molecule is CC(C)=C(C)c1cc(C(=O)NC[C@H](C)c2ccccc2)ccc1C. The molecule has 0 bridgehead atoms. The molecule has 0 saturated carbocycles. The number of carbonyl (C=O) groups excluding carboxylic acids is 1. The molecule has 2 rings (SSSR count). The van der Waals surface area contributed by atoms with E-state index in [2.05, 4.69) is 52.1 Å². The van der Waals surface area contributed by atoms with Crippen LogP contribution in [0.15, 0.2) is 54.1 Å². The quantitative estimate of drug-likeness (QED) is 0.791. The molecule has 24 heavy (non-hydrogen) atoms. The molecule has 1 atom stereocenters. The van der Waals surface area contributed by atoms with Crippen molar-refractivity contribution in [3.63, 3.8) is 0 Å². The average molecular weight is 321 g/mol. The highest BCUT2D eigenvalue weighted by atomic mass is 16.1. The van der Waals surface area contributed by atoms with Gasteiger partial charge in [0.15, 0.2) is 0 Å². The highest BCUT2D eigenvalue weighted by Crippen LogP contribution is 2.23. The third-order valence-corrected chi connectivity index (χ3v) is 4.59. The molecule has 0 aromatic heterocycles. The number of benzene rings is 2. The van der Waals surface area contributed by atoms with Gasteiger partial charge in [-0.2, -0.15) is 0 Å². The first kappa shape index (κ1) is 18.0. The zero-order valence-electron chi connectivity index (χ0n) is 15.3. The maximum Gasteiger partial charge on any atom is 0.251 e. The maximum absolute atomic E-state index is 12.5. The summed E-state index contributed by atoms with van der Waals surface area (Å²) in [5.41, 5.74) is 6.81. The van der Waals surface area contributed by atoms with Crippen molar-refractivity contribution in [1.82, 2.24) is 5.32 Å². The largest absolute Gasteiger partial charge is 0.351 e. The fourth-order valence-electron chi connectivity index (χ4n) is 2.68. The molecule has 0 aliphatic rings. The van der Waals surface area contributed by atoms with E-state index >= 15 is 0 Å². The second-order valence-electron chi connectivity index (χ2n) is 6.68. The minimum Gasteiger partial charge on any atom is -0.351 e. The summed E-state index contributed by atoms with van der Waals surface area (Å²) in [5.74, 6) is 0.278. The van der Waals surface area contributed by atoms with Crippen LogP contribution in [0.5, 0.6) is 0 Å². The van der Waals surface area contributed by atoms with Gasteiger partial charge in [0, 0.05) is 12.1 Å². The summed E-state index contributed by atoms with van der Waals surface area (Å²) in [6.45, 7) is 11.2. The molecule has 0 unspecified atom stereocenters. The van der Waals surface area contributed by atoms with Gasteiger partial charge in [-0.1, -0.05) is 48.9 Å². The van der Waals surface area contributed by atoms with Crippen molar-refractivity contribution < 1.29 is 4.79 Å². The van der Waals surface area contributed by atoms with Gasteiger partial charge in [-0.3, -0.25) is 4.79 Å². The molecule has 0 heterocycles. The van der Waals surface area contributed by atoms with Crippen LogP contribution in [0.2, 0.25) is 0 Å². The normalized spacial score (nSPS) is 11.7. The molecular formula is C22H27NO. The summed E-state index contributed by atoms with van der Waals surface area (Å²) in [7, 11) is 0. The van der Waals surface area contributed by atoms with Crippen LogP contribution in [0.4, 0.5) is 0 Å². The standard InChI is InChI=1S/C22H27NO/c1-15(2)18(5)21-13-20(12-11-16(21)3)22(24)23-14-17(4)19-9-7-6-8-10-19/h6-13,17H,14H2,1-5H3,(H,23,24)/t17-/m0/s1. The van der Waals surface area contributed by atoms with E-state index in [1.807, 2.05) is 36.4 Å². The van der Waals surface area contributed by atoms with Gasteiger partial charge in [0.1, 0.15) is 0 Å². The van der Waals surface area contributed by atoms with Crippen LogP contribution in [-0.4, -0.2) is 12.5 Å². The van der Waals surface area contributed by atoms with Crippen LogP contribution < -0.4 is 5.32 Å². The van der Waals surface area contributed by atoms with Crippen molar-refractivity contribution in [2.45, 2.75) is 40.5 Å². The number of nitrogens with one attached hydrogen (secondary N) is 1. The zero-order valence-corrected chi connectivity index (χ0v) is 15.3. The predicted molar refractivity (Wildman–Crippen MR) is 102 cm³/mol. The average Bonchev–Trinajstić information content (AvgIpc) is 2.59. The lowest BCUT2D eigenvalue weighted by Crippen LogP contribution is -2.27. The molecule has 0 fully saturated rings. The molecule has 2 aromatic rings. The van der Waals surface area contributed by atoms with Gasteiger partial charge in [0.2, 0.25) is 0 Å². The molecule has 2 heteroatoms. The lowest BCUT2D eigenvalue weighted by Gasteiger charge is -2.14. The van der Waals surface area contributed by atoms with Gasteiger partial charge in [-0.05, 0) is 68.0 Å². The highest BCUT2D eigenvalue weighted by Gasteiger charge is 2.11. The van der Waals surface area contributed by atoms with Crippen molar-refractivity contribution in [1.29, 1.82) is 0 Å². The summed E-state index contributed by atoms with van der Waals surface area (Å²) in [6.07, 6.45) is 0. The number of rotatable bonds is 5. The molecule has 1 amide bonds. The van der Waals surface area contributed by atoms with Gasteiger partial charge < -0.3 is 5.32 Å². The molecule has 0 aliphatic heterocycles. The first-order valence-electron chi connectivity index (χ1n) is 8.48. The summed E-state index contributed by atoms with van der Waals surface area (Å²) in [6, 6.07) is 16.2. The smallest absolute Gasteiger partial charge is 0.251 e. The van der Waals surface area contributed by atoms with Crippen LogP contribution in [0.1, 0.15) is 60.7 Å². The van der Waals surface area contributed by atoms with E-state index in [-0.39, 0.29) is 5.91 Å². The van der Waals surface area contributed by atoms with Crippen LogP contribution in [0, 0.1) is 6.92 Å². The summed E-state index contributed by atoms with van der Waals surface area (Å²) in [4.78, 5) is 12.5. The molecule has 126 valence electrons. The van der Waals surface area contributed by atoms with Crippen LogP contribution in [-0.2, 0) is 0 Å². The first-order chi connectivity index (χ1) is 11.4.